The third-order valence-electron chi connectivity index (χ3n) is 2.82. The molecule has 1 heterocycles. The van der Waals surface area contributed by atoms with Crippen molar-refractivity contribution in [3.8, 4) is 0 Å². The molecule has 1 fully saturated rings. The topological polar surface area (TPSA) is 58.6 Å². The highest BCUT2D eigenvalue weighted by molar-refractivity contribution is 7.89. The van der Waals surface area contributed by atoms with E-state index in [1.165, 1.54) is 0 Å². The highest BCUT2D eigenvalue weighted by Gasteiger charge is 2.32. The Kier molecular flexibility index (Phi) is 5.37. The molecule has 0 bridgehead atoms. The Morgan fingerprint density at radius 2 is 2.06 bits per heavy atom. The van der Waals surface area contributed by atoms with E-state index in [0.29, 0.717) is 25.7 Å². The summed E-state index contributed by atoms with van der Waals surface area (Å²) in [4.78, 5) is 0. The van der Waals surface area contributed by atoms with Gasteiger partial charge in [-0.3, -0.25) is 0 Å². The average Bonchev–Trinajstić information content (AvgIpc) is 2.20. The van der Waals surface area contributed by atoms with E-state index in [9.17, 15) is 8.42 Å². The third kappa shape index (κ3) is 4.54. The fourth-order valence-corrected chi connectivity index (χ4v) is 3.51. The highest BCUT2D eigenvalue weighted by Crippen LogP contribution is 2.15. The predicted octanol–water partition coefficient (Wildman–Crippen LogP) is 0.423. The lowest BCUT2D eigenvalue weighted by atomic mass is 10.2. The maximum atomic E-state index is 12.2. The van der Waals surface area contributed by atoms with E-state index in [1.807, 2.05) is 27.7 Å². The van der Waals surface area contributed by atoms with Gasteiger partial charge in [-0.15, -0.1) is 0 Å². The summed E-state index contributed by atoms with van der Waals surface area (Å²) in [5, 5.41) is 3.13. The molecule has 0 saturated carbocycles. The fourth-order valence-electron chi connectivity index (χ4n) is 1.85. The van der Waals surface area contributed by atoms with Gasteiger partial charge in [-0.05, 0) is 13.8 Å². The van der Waals surface area contributed by atoms with Crippen molar-refractivity contribution in [3.05, 3.63) is 0 Å². The Labute approximate surface area is 105 Å². The van der Waals surface area contributed by atoms with Crippen LogP contribution in [0.15, 0.2) is 0 Å². The summed E-state index contributed by atoms with van der Waals surface area (Å²) in [6, 6.07) is 0.251. The molecule has 0 aromatic carbocycles. The van der Waals surface area contributed by atoms with Gasteiger partial charge in [-0.2, -0.15) is 4.31 Å². The molecule has 17 heavy (non-hydrogen) atoms. The van der Waals surface area contributed by atoms with E-state index in [4.69, 9.17) is 4.74 Å². The molecule has 1 saturated heterocycles. The van der Waals surface area contributed by atoms with Gasteiger partial charge in [-0.25, -0.2) is 8.42 Å². The van der Waals surface area contributed by atoms with Gasteiger partial charge >= 0.3 is 0 Å². The van der Waals surface area contributed by atoms with Crippen LogP contribution in [0.3, 0.4) is 0 Å². The van der Waals surface area contributed by atoms with Crippen molar-refractivity contribution in [2.75, 3.05) is 25.4 Å². The number of nitrogens with zero attached hydrogens (tertiary/aromatic N) is 1. The zero-order valence-electron chi connectivity index (χ0n) is 11.1. The zero-order valence-corrected chi connectivity index (χ0v) is 12.0. The first-order valence-electron chi connectivity index (χ1n) is 6.17. The van der Waals surface area contributed by atoms with Crippen molar-refractivity contribution in [3.63, 3.8) is 0 Å². The first-order valence-corrected chi connectivity index (χ1v) is 7.78. The van der Waals surface area contributed by atoms with Crippen molar-refractivity contribution < 1.29 is 13.2 Å². The zero-order chi connectivity index (χ0) is 13.1. The van der Waals surface area contributed by atoms with Crippen LogP contribution < -0.4 is 5.32 Å². The minimum Gasteiger partial charge on any atom is -0.375 e. The van der Waals surface area contributed by atoms with Gasteiger partial charge in [0.05, 0.1) is 18.5 Å². The lowest BCUT2D eigenvalue weighted by molar-refractivity contribution is -0.0170. The Hall–Kier alpha value is -0.170. The van der Waals surface area contributed by atoms with Crippen LogP contribution in [0.5, 0.6) is 0 Å². The molecule has 0 spiro atoms. The Morgan fingerprint density at radius 3 is 2.65 bits per heavy atom. The van der Waals surface area contributed by atoms with E-state index < -0.39 is 10.0 Å². The average molecular weight is 264 g/mol. The molecule has 6 heteroatoms. The summed E-state index contributed by atoms with van der Waals surface area (Å²) >= 11 is 0. The second kappa shape index (κ2) is 6.13. The maximum absolute atomic E-state index is 12.2. The molecule has 1 aliphatic rings. The number of hydrogen-bond acceptors (Lipinski definition) is 4. The molecule has 1 rings (SSSR count). The molecule has 0 aliphatic carbocycles. The molecular weight excluding hydrogens is 240 g/mol. The largest absolute Gasteiger partial charge is 0.375 e. The molecule has 1 N–H and O–H groups in total. The smallest absolute Gasteiger partial charge is 0.215 e. The van der Waals surface area contributed by atoms with E-state index in [0.717, 1.165) is 0 Å². The summed E-state index contributed by atoms with van der Waals surface area (Å²) in [5.41, 5.74) is 0. The molecule has 1 aliphatic heterocycles. The summed E-state index contributed by atoms with van der Waals surface area (Å²) in [6.07, 6.45) is -0.0148. The summed E-state index contributed by atoms with van der Waals surface area (Å²) in [6.45, 7) is 9.25. The van der Waals surface area contributed by atoms with Crippen molar-refractivity contribution in [1.82, 2.24) is 9.62 Å². The van der Waals surface area contributed by atoms with Crippen molar-refractivity contribution in [2.45, 2.75) is 45.9 Å². The number of sulfonamides is 1. The number of hydrogen-bond donors (Lipinski definition) is 1. The van der Waals surface area contributed by atoms with Crippen LogP contribution in [0.1, 0.15) is 27.7 Å². The van der Waals surface area contributed by atoms with Gasteiger partial charge in [0, 0.05) is 25.2 Å². The minimum atomic E-state index is -3.17. The molecule has 5 nitrogen and oxygen atoms in total. The van der Waals surface area contributed by atoms with Crippen LogP contribution in [-0.4, -0.2) is 56.4 Å². The molecule has 2 unspecified atom stereocenters. The molecule has 2 atom stereocenters. The molecule has 102 valence electrons. The van der Waals surface area contributed by atoms with Crippen LogP contribution in [0.2, 0.25) is 0 Å². The fraction of sp³-hybridized carbons (Fsp3) is 1.00. The van der Waals surface area contributed by atoms with E-state index in [1.54, 1.807) is 4.31 Å². The normalized spacial score (nSPS) is 27.6. The van der Waals surface area contributed by atoms with Crippen LogP contribution >= 0.6 is 0 Å². The SMILES string of the molecule is CC(C)NCCS(=O)(=O)N1CC(C)OCC1C. The molecule has 0 amide bonds. The van der Waals surface area contributed by atoms with Gasteiger partial charge in [-0.1, -0.05) is 13.8 Å². The van der Waals surface area contributed by atoms with E-state index in [-0.39, 0.29) is 17.9 Å². The van der Waals surface area contributed by atoms with Gasteiger partial charge in [0.25, 0.3) is 0 Å². The number of nitrogens with one attached hydrogen (secondary N) is 1. The number of rotatable bonds is 5. The summed E-state index contributed by atoms with van der Waals surface area (Å²) in [7, 11) is -3.17. The molecule has 0 aromatic rings. The summed E-state index contributed by atoms with van der Waals surface area (Å²) in [5.74, 6) is 0.155. The highest BCUT2D eigenvalue weighted by atomic mass is 32.2. The van der Waals surface area contributed by atoms with Gasteiger partial charge < -0.3 is 10.1 Å². The second-order valence-electron chi connectivity index (χ2n) is 4.99. The van der Waals surface area contributed by atoms with Crippen LogP contribution in [-0.2, 0) is 14.8 Å². The molecule has 0 aromatic heterocycles. The van der Waals surface area contributed by atoms with Crippen molar-refractivity contribution >= 4 is 10.0 Å². The Bertz CT molecular complexity index is 330. The van der Waals surface area contributed by atoms with Crippen molar-refractivity contribution in [2.24, 2.45) is 0 Å². The lowest BCUT2D eigenvalue weighted by Crippen LogP contribution is -2.51. The van der Waals surface area contributed by atoms with E-state index >= 15 is 0 Å². The van der Waals surface area contributed by atoms with E-state index in [2.05, 4.69) is 5.32 Å². The van der Waals surface area contributed by atoms with Crippen LogP contribution in [0, 0.1) is 0 Å². The number of ether oxygens (including phenoxy) is 1. The van der Waals surface area contributed by atoms with Crippen LogP contribution in [0.25, 0.3) is 0 Å². The van der Waals surface area contributed by atoms with Gasteiger partial charge in [0.2, 0.25) is 10.0 Å². The third-order valence-corrected chi connectivity index (χ3v) is 4.76. The minimum absolute atomic E-state index is 0.0148. The molecule has 0 radical (unpaired) electrons. The lowest BCUT2D eigenvalue weighted by Gasteiger charge is -2.35. The maximum Gasteiger partial charge on any atom is 0.215 e. The van der Waals surface area contributed by atoms with Gasteiger partial charge in [0.1, 0.15) is 0 Å². The first-order chi connectivity index (χ1) is 7.83. The summed E-state index contributed by atoms with van der Waals surface area (Å²) < 4.78 is 31.3. The van der Waals surface area contributed by atoms with Crippen molar-refractivity contribution in [1.29, 1.82) is 0 Å². The molecular formula is C11H24N2O3S. The monoisotopic (exact) mass is 264 g/mol. The van der Waals surface area contributed by atoms with Crippen LogP contribution in [0.4, 0.5) is 0 Å². The standard InChI is InChI=1S/C11H24N2O3S/c1-9(2)12-5-6-17(14,15)13-7-11(4)16-8-10(13)3/h9-12H,5-8H2,1-4H3. The Morgan fingerprint density at radius 1 is 1.41 bits per heavy atom. The second-order valence-corrected chi connectivity index (χ2v) is 7.03. The number of morpholine rings is 1. The first kappa shape index (κ1) is 14.9. The Balaban J connectivity index is 2.56. The predicted molar refractivity (Wildman–Crippen MR) is 68.5 cm³/mol. The quantitative estimate of drug-likeness (QED) is 0.782. The van der Waals surface area contributed by atoms with Gasteiger partial charge in [0.15, 0.2) is 0 Å².